The second-order valence-electron chi connectivity index (χ2n) is 12.9. The lowest BCUT2D eigenvalue weighted by Gasteiger charge is -2.27. The van der Waals surface area contributed by atoms with Gasteiger partial charge in [0.15, 0.2) is 0 Å². The molecular formula is C48H31NS2. The first kappa shape index (κ1) is 29.9. The summed E-state index contributed by atoms with van der Waals surface area (Å²) < 4.78 is 5.32. The second-order valence-corrected chi connectivity index (χ2v) is 15.0. The highest BCUT2D eigenvalue weighted by Gasteiger charge is 2.21. The number of nitrogens with zero attached hydrogens (tertiary/aromatic N) is 1. The highest BCUT2D eigenvalue weighted by atomic mass is 32.1. The van der Waals surface area contributed by atoms with E-state index in [1.54, 1.807) is 0 Å². The quantitative estimate of drug-likeness (QED) is 0.168. The molecule has 0 bridgehead atoms. The molecule has 0 radical (unpaired) electrons. The van der Waals surface area contributed by atoms with Gasteiger partial charge in [-0.25, -0.2) is 0 Å². The summed E-state index contributed by atoms with van der Waals surface area (Å²) in [5.74, 6) is 0. The van der Waals surface area contributed by atoms with Crippen molar-refractivity contribution in [3.8, 4) is 33.4 Å². The molecule has 0 spiro atoms. The fourth-order valence-corrected chi connectivity index (χ4v) is 9.86. The summed E-state index contributed by atoms with van der Waals surface area (Å²) >= 11 is 3.80. The van der Waals surface area contributed by atoms with Crippen LogP contribution in [0.2, 0.25) is 0 Å². The number of fused-ring (bicyclic) bond motifs is 7. The molecule has 0 unspecified atom stereocenters. The summed E-state index contributed by atoms with van der Waals surface area (Å²) in [6, 6.07) is 68.4. The van der Waals surface area contributed by atoms with E-state index in [4.69, 9.17) is 0 Å². The highest BCUT2D eigenvalue weighted by Crippen LogP contribution is 2.49. The molecular weight excluding hydrogens is 655 g/mol. The van der Waals surface area contributed by atoms with E-state index in [-0.39, 0.29) is 0 Å². The molecule has 3 heteroatoms. The van der Waals surface area contributed by atoms with Gasteiger partial charge < -0.3 is 4.90 Å². The molecule has 0 fully saturated rings. The van der Waals surface area contributed by atoms with Gasteiger partial charge in [-0.05, 0) is 81.9 Å². The van der Waals surface area contributed by atoms with E-state index in [1.807, 2.05) is 22.7 Å². The van der Waals surface area contributed by atoms with E-state index in [1.165, 1.54) is 79.4 Å². The van der Waals surface area contributed by atoms with Crippen LogP contribution in [0.25, 0.3) is 73.7 Å². The Morgan fingerprint density at radius 3 is 1.35 bits per heavy atom. The summed E-state index contributed by atoms with van der Waals surface area (Å²) in [4.78, 5) is 2.44. The van der Waals surface area contributed by atoms with Crippen LogP contribution in [0.3, 0.4) is 0 Å². The fourth-order valence-electron chi connectivity index (χ4n) is 7.40. The Morgan fingerprint density at radius 2 is 0.765 bits per heavy atom. The van der Waals surface area contributed by atoms with Crippen LogP contribution in [0.5, 0.6) is 0 Å². The minimum absolute atomic E-state index is 1.13. The van der Waals surface area contributed by atoms with Crippen molar-refractivity contribution >= 4 is 80.1 Å². The van der Waals surface area contributed by atoms with E-state index in [0.717, 1.165) is 11.4 Å². The maximum absolute atomic E-state index is 2.44. The smallest absolute Gasteiger partial charge is 0.0555 e. The Hall–Kier alpha value is -6.00. The van der Waals surface area contributed by atoms with Gasteiger partial charge in [-0.2, -0.15) is 0 Å². The molecule has 1 nitrogen and oxygen atoms in total. The van der Waals surface area contributed by atoms with Crippen LogP contribution in [-0.2, 0) is 0 Å². The minimum Gasteiger partial charge on any atom is -0.310 e. The van der Waals surface area contributed by atoms with Crippen LogP contribution in [0.1, 0.15) is 0 Å². The maximum Gasteiger partial charge on any atom is 0.0555 e. The van der Waals surface area contributed by atoms with Gasteiger partial charge >= 0.3 is 0 Å². The van der Waals surface area contributed by atoms with Gasteiger partial charge in [-0.3, -0.25) is 0 Å². The van der Waals surface area contributed by atoms with E-state index in [2.05, 4.69) is 193 Å². The Bertz CT molecular complexity index is 2810. The molecule has 10 aromatic rings. The van der Waals surface area contributed by atoms with Gasteiger partial charge in [0.25, 0.3) is 0 Å². The number of hydrogen-bond acceptors (Lipinski definition) is 3. The number of benzene rings is 8. The maximum atomic E-state index is 2.44. The van der Waals surface area contributed by atoms with E-state index < -0.39 is 0 Å². The third-order valence-corrected chi connectivity index (χ3v) is 12.2. The molecule has 0 N–H and O–H groups in total. The standard InChI is InChI=1S/C48H31NS2/c1-3-10-32(11-4-1)34-18-20-35(21-19-34)37-24-28-39(29-25-37)49(38-26-22-36(23-27-38)33-12-5-2-6-13-33)42-15-9-17-44-46(42)47-45(50-44)31-30-41-40-14-7-8-16-43(40)51-48(41)47/h1-31H. The summed E-state index contributed by atoms with van der Waals surface area (Å²) in [6.07, 6.45) is 0. The van der Waals surface area contributed by atoms with Gasteiger partial charge in [0.2, 0.25) is 0 Å². The van der Waals surface area contributed by atoms with Crippen LogP contribution >= 0.6 is 22.7 Å². The second kappa shape index (κ2) is 12.4. The van der Waals surface area contributed by atoms with Gasteiger partial charge in [0.1, 0.15) is 0 Å². The molecule has 0 saturated heterocycles. The van der Waals surface area contributed by atoms with Crippen LogP contribution in [0.4, 0.5) is 17.1 Å². The first-order valence-electron chi connectivity index (χ1n) is 17.3. The van der Waals surface area contributed by atoms with Crippen LogP contribution in [0, 0.1) is 0 Å². The lowest BCUT2D eigenvalue weighted by molar-refractivity contribution is 1.30. The molecule has 0 amide bonds. The number of thiophene rings is 2. The molecule has 2 heterocycles. The third-order valence-electron chi connectivity index (χ3n) is 9.91. The molecule has 0 saturated carbocycles. The van der Waals surface area contributed by atoms with Gasteiger partial charge in [-0.15, -0.1) is 22.7 Å². The van der Waals surface area contributed by atoms with E-state index in [9.17, 15) is 0 Å². The van der Waals surface area contributed by atoms with Crippen LogP contribution < -0.4 is 4.90 Å². The minimum atomic E-state index is 1.13. The summed E-state index contributed by atoms with van der Waals surface area (Å²) in [6.45, 7) is 0. The van der Waals surface area contributed by atoms with Gasteiger partial charge in [0, 0.05) is 51.7 Å². The lowest BCUT2D eigenvalue weighted by atomic mass is 10.00. The van der Waals surface area contributed by atoms with E-state index in [0.29, 0.717) is 0 Å². The SMILES string of the molecule is c1ccc(-c2ccc(-c3ccc(N(c4ccc(-c5ccccc5)cc4)c4cccc5sc6ccc7c8ccccc8sc7c6c45)cc3)cc2)cc1. The van der Waals surface area contributed by atoms with Crippen molar-refractivity contribution in [3.63, 3.8) is 0 Å². The molecule has 2 aromatic heterocycles. The van der Waals surface area contributed by atoms with Crippen molar-refractivity contribution in [2.45, 2.75) is 0 Å². The molecule has 240 valence electrons. The van der Waals surface area contributed by atoms with Crippen molar-refractivity contribution in [3.05, 3.63) is 188 Å². The highest BCUT2D eigenvalue weighted by molar-refractivity contribution is 7.29. The molecule has 0 aliphatic heterocycles. The Kier molecular flexibility index (Phi) is 7.26. The van der Waals surface area contributed by atoms with Crippen molar-refractivity contribution < 1.29 is 0 Å². The Labute approximate surface area is 304 Å². The van der Waals surface area contributed by atoms with E-state index >= 15 is 0 Å². The van der Waals surface area contributed by atoms with Crippen LogP contribution in [0.15, 0.2) is 188 Å². The van der Waals surface area contributed by atoms with Crippen LogP contribution in [-0.4, -0.2) is 0 Å². The van der Waals surface area contributed by atoms with Crippen molar-refractivity contribution in [2.75, 3.05) is 4.90 Å². The zero-order valence-electron chi connectivity index (χ0n) is 27.7. The van der Waals surface area contributed by atoms with Gasteiger partial charge in [0.05, 0.1) is 5.69 Å². The molecule has 0 atom stereocenters. The molecule has 0 aliphatic rings. The fraction of sp³-hybridized carbons (Fsp3) is 0. The molecule has 0 aliphatic carbocycles. The molecule has 8 aromatic carbocycles. The first-order valence-corrected chi connectivity index (χ1v) is 18.9. The largest absolute Gasteiger partial charge is 0.310 e. The third kappa shape index (κ3) is 5.21. The van der Waals surface area contributed by atoms with Gasteiger partial charge in [-0.1, -0.05) is 140 Å². The zero-order chi connectivity index (χ0) is 33.7. The number of anilines is 3. The zero-order valence-corrected chi connectivity index (χ0v) is 29.3. The predicted octanol–water partition coefficient (Wildman–Crippen LogP) is 14.9. The van der Waals surface area contributed by atoms with Crippen molar-refractivity contribution in [1.29, 1.82) is 0 Å². The molecule has 51 heavy (non-hydrogen) atoms. The summed E-state index contributed by atoms with van der Waals surface area (Å²) in [7, 11) is 0. The summed E-state index contributed by atoms with van der Waals surface area (Å²) in [5, 5.41) is 5.32. The number of hydrogen-bond donors (Lipinski definition) is 0. The number of rotatable bonds is 6. The predicted molar refractivity (Wildman–Crippen MR) is 223 cm³/mol. The average Bonchev–Trinajstić information content (AvgIpc) is 3.78. The Balaban J connectivity index is 1.13. The summed E-state index contributed by atoms with van der Waals surface area (Å²) in [5.41, 5.74) is 10.7. The van der Waals surface area contributed by atoms with Crippen molar-refractivity contribution in [2.24, 2.45) is 0 Å². The average molecular weight is 686 g/mol. The monoisotopic (exact) mass is 685 g/mol. The lowest BCUT2D eigenvalue weighted by Crippen LogP contribution is -2.10. The normalized spacial score (nSPS) is 11.5. The topological polar surface area (TPSA) is 3.24 Å². The van der Waals surface area contributed by atoms with Crippen molar-refractivity contribution in [1.82, 2.24) is 0 Å². The Morgan fingerprint density at radius 1 is 0.294 bits per heavy atom. The first-order chi connectivity index (χ1) is 25.3. The molecule has 10 rings (SSSR count).